The van der Waals surface area contributed by atoms with Gasteiger partial charge in [-0.3, -0.25) is 19.3 Å². The van der Waals surface area contributed by atoms with Crippen molar-refractivity contribution in [2.24, 2.45) is 0 Å². The topological polar surface area (TPSA) is 118 Å². The van der Waals surface area contributed by atoms with Crippen molar-refractivity contribution in [3.8, 4) is 0 Å². The number of hydrogen-bond acceptors (Lipinski definition) is 6. The van der Waals surface area contributed by atoms with E-state index < -0.39 is 29.6 Å². The monoisotopic (exact) mass is 482 g/mol. The average molecular weight is 483 g/mol. The summed E-state index contributed by atoms with van der Waals surface area (Å²) >= 11 is 0. The fourth-order valence-electron chi connectivity index (χ4n) is 4.21. The highest BCUT2D eigenvalue weighted by Gasteiger charge is 2.37. The third-order valence-corrected chi connectivity index (χ3v) is 5.86. The van der Waals surface area contributed by atoms with Crippen molar-refractivity contribution in [1.29, 1.82) is 0 Å². The first kappa shape index (κ1) is 24.2. The van der Waals surface area contributed by atoms with E-state index in [2.05, 4.69) is 15.8 Å². The van der Waals surface area contributed by atoms with Gasteiger partial charge in [0.1, 0.15) is 17.3 Å². The molecule has 0 spiro atoms. The molecule has 3 amide bonds. The highest BCUT2D eigenvalue weighted by atomic mass is 19.1. The Morgan fingerprint density at radius 3 is 2.57 bits per heavy atom. The van der Waals surface area contributed by atoms with Crippen LogP contribution < -0.4 is 15.5 Å². The zero-order valence-corrected chi connectivity index (χ0v) is 19.3. The molecule has 35 heavy (non-hydrogen) atoms. The molecule has 2 aromatic heterocycles. The fraction of sp³-hybridized carbons (Fsp3) is 0.360. The quantitative estimate of drug-likeness (QED) is 0.470. The van der Waals surface area contributed by atoms with Crippen LogP contribution in [0.15, 0.2) is 57.7 Å². The molecule has 1 aromatic carbocycles. The highest BCUT2D eigenvalue weighted by molar-refractivity contribution is 6.03. The number of nitrogens with one attached hydrogen (secondary N) is 2. The molecule has 0 aliphatic heterocycles. The van der Waals surface area contributed by atoms with Crippen molar-refractivity contribution in [3.05, 3.63) is 66.1 Å². The maximum atomic E-state index is 14.9. The molecule has 0 saturated heterocycles. The maximum Gasteiger partial charge on any atom is 0.251 e. The smallest absolute Gasteiger partial charge is 0.251 e. The Morgan fingerprint density at radius 1 is 1.14 bits per heavy atom. The highest BCUT2D eigenvalue weighted by Crippen LogP contribution is 2.32. The first-order valence-corrected chi connectivity index (χ1v) is 11.6. The summed E-state index contributed by atoms with van der Waals surface area (Å²) in [6, 6.07) is 9.16. The number of furan rings is 1. The van der Waals surface area contributed by atoms with Crippen molar-refractivity contribution in [3.63, 3.8) is 0 Å². The van der Waals surface area contributed by atoms with E-state index in [1.165, 1.54) is 24.5 Å². The minimum atomic E-state index is -1.24. The summed E-state index contributed by atoms with van der Waals surface area (Å²) in [5.41, 5.74) is -0.0759. The molecule has 10 heteroatoms. The Labute approximate surface area is 201 Å². The van der Waals surface area contributed by atoms with Crippen LogP contribution in [0.4, 0.5) is 15.9 Å². The number of carbonyl (C=O) groups is 3. The molecule has 1 aliphatic carbocycles. The number of aryl methyl sites for hydroxylation is 1. The Balaban J connectivity index is 1.58. The largest absolute Gasteiger partial charge is 0.467 e. The van der Waals surface area contributed by atoms with Crippen molar-refractivity contribution < 1.29 is 27.7 Å². The predicted molar refractivity (Wildman–Crippen MR) is 125 cm³/mol. The van der Waals surface area contributed by atoms with E-state index in [1.54, 1.807) is 31.2 Å². The summed E-state index contributed by atoms with van der Waals surface area (Å²) in [5.74, 6) is -1.26. The lowest BCUT2D eigenvalue weighted by atomic mass is 10.1. The lowest BCUT2D eigenvalue weighted by Gasteiger charge is -2.31. The SMILES string of the molecule is Cc1cc(NC(=O)CCC(=O)N(c2ccccc2F)C(C(=O)NC2CCCC2)c2ccco2)no1. The molecule has 2 N–H and O–H groups in total. The van der Waals surface area contributed by atoms with Gasteiger partial charge in [0.15, 0.2) is 11.9 Å². The number of halogens is 1. The van der Waals surface area contributed by atoms with Gasteiger partial charge in [-0.25, -0.2) is 4.39 Å². The van der Waals surface area contributed by atoms with Crippen LogP contribution in [0, 0.1) is 12.7 Å². The van der Waals surface area contributed by atoms with Gasteiger partial charge < -0.3 is 19.6 Å². The molecule has 3 aromatic rings. The third-order valence-electron chi connectivity index (χ3n) is 5.86. The van der Waals surface area contributed by atoms with Gasteiger partial charge in [0.2, 0.25) is 11.8 Å². The summed E-state index contributed by atoms with van der Waals surface area (Å²) in [6.07, 6.45) is 4.61. The Bertz CT molecular complexity index is 1170. The van der Waals surface area contributed by atoms with Gasteiger partial charge in [0.25, 0.3) is 5.91 Å². The number of benzene rings is 1. The van der Waals surface area contributed by atoms with Gasteiger partial charge in [-0.15, -0.1) is 0 Å². The van der Waals surface area contributed by atoms with Crippen LogP contribution in [-0.2, 0) is 14.4 Å². The van der Waals surface area contributed by atoms with Crippen LogP contribution in [0.5, 0.6) is 0 Å². The molecule has 1 unspecified atom stereocenters. The summed E-state index contributed by atoms with van der Waals surface area (Å²) in [4.78, 5) is 40.3. The minimum Gasteiger partial charge on any atom is -0.467 e. The second-order valence-electron chi connectivity index (χ2n) is 8.49. The zero-order chi connectivity index (χ0) is 24.8. The summed E-state index contributed by atoms with van der Waals surface area (Å²) in [7, 11) is 0. The van der Waals surface area contributed by atoms with Gasteiger partial charge >= 0.3 is 0 Å². The molecule has 2 heterocycles. The fourth-order valence-corrected chi connectivity index (χ4v) is 4.21. The summed E-state index contributed by atoms with van der Waals surface area (Å²) < 4.78 is 25.3. The van der Waals surface area contributed by atoms with Gasteiger partial charge in [0, 0.05) is 24.9 Å². The molecule has 1 aliphatic rings. The van der Waals surface area contributed by atoms with Gasteiger partial charge in [0.05, 0.1) is 12.0 Å². The Morgan fingerprint density at radius 2 is 1.91 bits per heavy atom. The van der Waals surface area contributed by atoms with Crippen LogP contribution in [0.1, 0.15) is 56.1 Å². The second kappa shape index (κ2) is 11.0. The summed E-state index contributed by atoms with van der Waals surface area (Å²) in [6.45, 7) is 1.68. The Kier molecular flexibility index (Phi) is 7.59. The van der Waals surface area contributed by atoms with E-state index in [4.69, 9.17) is 8.94 Å². The van der Waals surface area contributed by atoms with Crippen molar-refractivity contribution in [2.45, 2.75) is 57.5 Å². The molecule has 4 rings (SSSR count). The van der Waals surface area contributed by atoms with Crippen LogP contribution in [0.25, 0.3) is 0 Å². The van der Waals surface area contributed by atoms with Gasteiger partial charge in [-0.2, -0.15) is 0 Å². The number of amides is 3. The van der Waals surface area contributed by atoms with Crippen LogP contribution in [-0.4, -0.2) is 28.9 Å². The number of nitrogens with zero attached hydrogens (tertiary/aromatic N) is 2. The maximum absolute atomic E-state index is 14.9. The molecular formula is C25H27FN4O5. The normalized spacial score (nSPS) is 14.5. The first-order valence-electron chi connectivity index (χ1n) is 11.6. The van der Waals surface area contributed by atoms with Crippen LogP contribution in [0.2, 0.25) is 0 Å². The molecule has 1 saturated carbocycles. The molecule has 184 valence electrons. The first-order chi connectivity index (χ1) is 16.9. The predicted octanol–water partition coefficient (Wildman–Crippen LogP) is 4.27. The lowest BCUT2D eigenvalue weighted by Crippen LogP contribution is -2.46. The standard InChI is InChI=1S/C25H27FN4O5/c1-16-15-21(29-35-16)28-22(31)12-13-23(32)30(19-10-5-4-9-18(19)26)24(20-11-6-14-34-20)25(33)27-17-7-2-3-8-17/h4-6,9-11,14-15,17,24H,2-3,7-8,12-13H2,1H3,(H,27,33)(H,28,29,31). The number of hydrogen-bond donors (Lipinski definition) is 2. The number of para-hydroxylation sites is 1. The number of aromatic nitrogens is 1. The molecule has 0 bridgehead atoms. The van der Waals surface area contributed by atoms with Crippen molar-refractivity contribution >= 4 is 29.2 Å². The third kappa shape index (κ3) is 5.95. The number of anilines is 2. The van der Waals surface area contributed by atoms with Crippen molar-refractivity contribution in [1.82, 2.24) is 10.5 Å². The minimum absolute atomic E-state index is 0.0192. The van der Waals surface area contributed by atoms with Crippen LogP contribution >= 0.6 is 0 Å². The average Bonchev–Trinajstić information content (AvgIpc) is 3.61. The molecule has 0 radical (unpaired) electrons. The van der Waals surface area contributed by atoms with Gasteiger partial charge in [-0.1, -0.05) is 30.1 Å². The van der Waals surface area contributed by atoms with Gasteiger partial charge in [-0.05, 0) is 44.0 Å². The van der Waals surface area contributed by atoms with E-state index in [1.807, 2.05) is 0 Å². The van der Waals surface area contributed by atoms with E-state index >= 15 is 0 Å². The summed E-state index contributed by atoms with van der Waals surface area (Å²) in [5, 5.41) is 9.22. The number of carbonyl (C=O) groups excluding carboxylic acids is 3. The van der Waals surface area contributed by atoms with Crippen LogP contribution in [0.3, 0.4) is 0 Å². The van der Waals surface area contributed by atoms with Crippen molar-refractivity contribution in [2.75, 3.05) is 10.2 Å². The van der Waals surface area contributed by atoms with E-state index in [0.29, 0.717) is 5.76 Å². The van der Waals surface area contributed by atoms with E-state index in [9.17, 15) is 18.8 Å². The molecule has 1 atom stereocenters. The van der Waals surface area contributed by atoms with E-state index in [-0.39, 0.29) is 36.1 Å². The second-order valence-corrected chi connectivity index (χ2v) is 8.49. The number of rotatable bonds is 9. The lowest BCUT2D eigenvalue weighted by molar-refractivity contribution is -0.128. The zero-order valence-electron chi connectivity index (χ0n) is 19.3. The van der Waals surface area contributed by atoms with E-state index in [0.717, 1.165) is 30.6 Å². The Hall–Kier alpha value is -3.95. The molecule has 1 fully saturated rings. The molecule has 9 nitrogen and oxygen atoms in total. The molecular weight excluding hydrogens is 455 g/mol.